The molecule has 5 heteroatoms. The van der Waals surface area contributed by atoms with Crippen molar-refractivity contribution >= 4 is 29.0 Å². The second kappa shape index (κ2) is 7.42. The minimum Gasteiger partial charge on any atom is -0.349 e. The van der Waals surface area contributed by atoms with Crippen molar-refractivity contribution in [3.8, 4) is 10.6 Å². The first-order valence-corrected chi connectivity index (χ1v) is 10.2. The van der Waals surface area contributed by atoms with Crippen molar-refractivity contribution in [1.82, 2.24) is 10.3 Å². The van der Waals surface area contributed by atoms with E-state index in [1.54, 1.807) is 11.3 Å². The third-order valence-electron chi connectivity index (χ3n) is 4.21. The highest BCUT2D eigenvalue weighted by molar-refractivity contribution is 7.99. The van der Waals surface area contributed by atoms with Crippen LogP contribution in [0.5, 0.6) is 0 Å². The molecule has 1 N–H and O–H groups in total. The normalized spacial score (nSPS) is 16.2. The lowest BCUT2D eigenvalue weighted by Gasteiger charge is -2.25. The van der Waals surface area contributed by atoms with Crippen LogP contribution in [0.2, 0.25) is 0 Å². The van der Waals surface area contributed by atoms with Gasteiger partial charge in [0, 0.05) is 21.6 Å². The lowest BCUT2D eigenvalue weighted by Crippen LogP contribution is -2.31. The quantitative estimate of drug-likeness (QED) is 0.727. The van der Waals surface area contributed by atoms with Crippen LogP contribution in [-0.2, 0) is 11.2 Å². The van der Waals surface area contributed by atoms with Crippen molar-refractivity contribution < 1.29 is 4.79 Å². The molecule has 126 valence electrons. The first kappa shape index (κ1) is 16.4. The Morgan fingerprint density at radius 1 is 1.12 bits per heavy atom. The zero-order valence-electron chi connectivity index (χ0n) is 13.6. The molecule has 0 saturated carbocycles. The summed E-state index contributed by atoms with van der Waals surface area (Å²) >= 11 is 3.45. The Morgan fingerprint density at radius 3 is 2.80 bits per heavy atom. The van der Waals surface area contributed by atoms with E-state index in [0.717, 1.165) is 28.4 Å². The van der Waals surface area contributed by atoms with Gasteiger partial charge in [0.1, 0.15) is 5.01 Å². The van der Waals surface area contributed by atoms with Crippen molar-refractivity contribution in [3.63, 3.8) is 0 Å². The zero-order valence-corrected chi connectivity index (χ0v) is 15.3. The van der Waals surface area contributed by atoms with Gasteiger partial charge in [-0.15, -0.1) is 23.1 Å². The van der Waals surface area contributed by atoms with Gasteiger partial charge >= 0.3 is 0 Å². The summed E-state index contributed by atoms with van der Waals surface area (Å²) in [5.41, 5.74) is 3.16. The van der Waals surface area contributed by atoms with E-state index in [1.807, 2.05) is 53.5 Å². The molecule has 1 aromatic heterocycles. The Kier molecular flexibility index (Phi) is 4.85. The minimum atomic E-state index is 0.0385. The van der Waals surface area contributed by atoms with E-state index < -0.39 is 0 Å². The predicted octanol–water partition coefficient (Wildman–Crippen LogP) is 4.71. The molecule has 2 heterocycles. The maximum Gasteiger partial charge on any atom is 0.226 e. The van der Waals surface area contributed by atoms with Crippen LogP contribution in [0.4, 0.5) is 0 Å². The summed E-state index contributed by atoms with van der Waals surface area (Å²) in [5, 5.41) is 6.12. The number of carbonyl (C=O) groups excluding carboxylic acids is 1. The largest absolute Gasteiger partial charge is 0.349 e. The summed E-state index contributed by atoms with van der Waals surface area (Å²) in [7, 11) is 0. The highest BCUT2D eigenvalue weighted by Crippen LogP contribution is 2.35. The summed E-state index contributed by atoms with van der Waals surface area (Å²) in [6, 6.07) is 18.5. The number of benzene rings is 2. The molecule has 1 aliphatic rings. The number of thioether (sulfide) groups is 1. The van der Waals surface area contributed by atoms with Crippen LogP contribution in [0.25, 0.3) is 10.6 Å². The molecule has 1 aliphatic heterocycles. The minimum absolute atomic E-state index is 0.0385. The molecule has 1 atom stereocenters. The number of fused-ring (bicyclic) bond motifs is 1. The van der Waals surface area contributed by atoms with E-state index in [-0.39, 0.29) is 11.9 Å². The molecule has 0 unspecified atom stereocenters. The number of carbonyl (C=O) groups is 1. The van der Waals surface area contributed by atoms with Crippen LogP contribution in [0.1, 0.15) is 23.7 Å². The maximum atomic E-state index is 12.5. The van der Waals surface area contributed by atoms with Gasteiger partial charge in [0.2, 0.25) is 5.91 Å². The monoisotopic (exact) mass is 366 g/mol. The first-order valence-electron chi connectivity index (χ1n) is 8.30. The Hall–Kier alpha value is -2.11. The van der Waals surface area contributed by atoms with E-state index in [0.29, 0.717) is 6.42 Å². The number of thiazole rings is 1. The number of nitrogens with one attached hydrogen (secondary N) is 1. The Labute approximate surface area is 155 Å². The molecule has 0 radical (unpaired) electrons. The second-order valence-corrected chi connectivity index (χ2v) is 7.98. The van der Waals surface area contributed by atoms with Crippen molar-refractivity contribution in [2.45, 2.75) is 23.8 Å². The molecule has 0 aliphatic carbocycles. The molecular formula is C20H18N2OS2. The smallest absolute Gasteiger partial charge is 0.226 e. The van der Waals surface area contributed by atoms with E-state index in [4.69, 9.17) is 0 Å². The number of nitrogens with zero attached hydrogens (tertiary/aromatic N) is 1. The molecule has 3 nitrogen and oxygen atoms in total. The maximum absolute atomic E-state index is 12.5. The number of amides is 1. The van der Waals surface area contributed by atoms with Crippen LogP contribution in [0.3, 0.4) is 0 Å². The summed E-state index contributed by atoms with van der Waals surface area (Å²) in [5.74, 6) is 1.08. The average Bonchev–Trinajstić information content (AvgIpc) is 3.11. The van der Waals surface area contributed by atoms with Gasteiger partial charge in [-0.05, 0) is 18.1 Å². The third-order valence-corrected chi connectivity index (χ3v) is 6.27. The van der Waals surface area contributed by atoms with Gasteiger partial charge < -0.3 is 5.32 Å². The Balaban J connectivity index is 1.43. The summed E-state index contributed by atoms with van der Waals surface area (Å²) in [6.45, 7) is 0. The molecule has 2 aromatic carbocycles. The second-order valence-electron chi connectivity index (χ2n) is 5.98. The molecular weight excluding hydrogens is 348 g/mol. The van der Waals surface area contributed by atoms with E-state index >= 15 is 0 Å². The fourth-order valence-corrected chi connectivity index (χ4v) is 4.95. The van der Waals surface area contributed by atoms with Crippen molar-refractivity contribution in [1.29, 1.82) is 0 Å². The van der Waals surface area contributed by atoms with Crippen molar-refractivity contribution in [3.05, 3.63) is 71.2 Å². The van der Waals surface area contributed by atoms with Gasteiger partial charge in [0.25, 0.3) is 0 Å². The van der Waals surface area contributed by atoms with Crippen LogP contribution >= 0.6 is 23.1 Å². The van der Waals surface area contributed by atoms with Crippen LogP contribution in [-0.4, -0.2) is 16.6 Å². The zero-order chi connectivity index (χ0) is 17.1. The summed E-state index contributed by atoms with van der Waals surface area (Å²) in [6.07, 6.45) is 1.30. The molecule has 0 saturated heterocycles. The highest BCUT2D eigenvalue weighted by atomic mass is 32.2. The number of rotatable bonds is 4. The van der Waals surface area contributed by atoms with Gasteiger partial charge in [-0.3, -0.25) is 4.79 Å². The molecule has 3 aromatic rings. The standard InChI is InChI=1S/C20H18N2OS2/c23-19(22-17-10-11-24-18-9-5-4-8-16(17)18)12-15-13-25-20(21-15)14-6-2-1-3-7-14/h1-9,13,17H,10-12H2,(H,22,23)/t17-/m1/s1. The lowest BCUT2D eigenvalue weighted by atomic mass is 10.0. The van der Waals surface area contributed by atoms with E-state index in [9.17, 15) is 4.79 Å². The molecule has 1 amide bonds. The van der Waals surface area contributed by atoms with E-state index in [2.05, 4.69) is 28.5 Å². The third kappa shape index (κ3) is 3.78. The topological polar surface area (TPSA) is 42.0 Å². The summed E-state index contributed by atoms with van der Waals surface area (Å²) in [4.78, 5) is 18.4. The average molecular weight is 367 g/mol. The van der Waals surface area contributed by atoms with Gasteiger partial charge in [0.05, 0.1) is 18.2 Å². The molecule has 0 fully saturated rings. The van der Waals surface area contributed by atoms with E-state index in [1.165, 1.54) is 10.5 Å². The molecule has 4 rings (SSSR count). The van der Waals surface area contributed by atoms with Gasteiger partial charge in [-0.25, -0.2) is 4.98 Å². The van der Waals surface area contributed by atoms with Gasteiger partial charge in [0.15, 0.2) is 0 Å². The van der Waals surface area contributed by atoms with Crippen LogP contribution in [0, 0.1) is 0 Å². The van der Waals surface area contributed by atoms with Gasteiger partial charge in [-0.2, -0.15) is 0 Å². The summed E-state index contributed by atoms with van der Waals surface area (Å²) < 4.78 is 0. The predicted molar refractivity (Wildman–Crippen MR) is 104 cm³/mol. The number of hydrogen-bond donors (Lipinski definition) is 1. The molecule has 25 heavy (non-hydrogen) atoms. The van der Waals surface area contributed by atoms with Crippen LogP contribution < -0.4 is 5.32 Å². The van der Waals surface area contributed by atoms with Crippen molar-refractivity contribution in [2.24, 2.45) is 0 Å². The number of hydrogen-bond acceptors (Lipinski definition) is 4. The lowest BCUT2D eigenvalue weighted by molar-refractivity contribution is -0.121. The Bertz CT molecular complexity index is 876. The van der Waals surface area contributed by atoms with Crippen molar-refractivity contribution in [2.75, 3.05) is 5.75 Å². The van der Waals surface area contributed by atoms with Gasteiger partial charge in [-0.1, -0.05) is 48.5 Å². The number of aromatic nitrogens is 1. The highest BCUT2D eigenvalue weighted by Gasteiger charge is 2.22. The molecule has 0 spiro atoms. The fraction of sp³-hybridized carbons (Fsp3) is 0.200. The van der Waals surface area contributed by atoms with Crippen LogP contribution in [0.15, 0.2) is 64.9 Å². The fourth-order valence-electron chi connectivity index (χ4n) is 3.00. The first-order chi connectivity index (χ1) is 12.3. The Morgan fingerprint density at radius 2 is 1.92 bits per heavy atom. The molecule has 0 bridgehead atoms. The SMILES string of the molecule is O=C(Cc1csc(-c2ccccc2)n1)N[C@@H]1CCSc2ccccc21.